The molecule has 0 aromatic rings. The molecule has 0 bridgehead atoms. The molecule has 2 aliphatic carbocycles. The zero-order valence-electron chi connectivity index (χ0n) is 15.0. The van der Waals surface area contributed by atoms with Crippen molar-refractivity contribution in [3.8, 4) is 0 Å². The van der Waals surface area contributed by atoms with Gasteiger partial charge in [0.1, 0.15) is 0 Å². The van der Waals surface area contributed by atoms with Crippen LogP contribution in [-0.2, 0) is 27.9 Å². The molecule has 21 heavy (non-hydrogen) atoms. The Kier molecular flexibility index (Phi) is 16.3. The van der Waals surface area contributed by atoms with Crippen LogP contribution in [0.25, 0.3) is 0 Å². The third kappa shape index (κ3) is 14.8. The average Bonchev–Trinajstić information content (AvgIpc) is 3.02. The zero-order chi connectivity index (χ0) is 15.6. The van der Waals surface area contributed by atoms with Crippen molar-refractivity contribution < 1.29 is 21.3 Å². The smallest absolute Gasteiger partial charge is 2.00 e. The Morgan fingerprint density at radius 1 is 0.952 bits per heavy atom. The van der Waals surface area contributed by atoms with E-state index in [1.54, 1.807) is 0 Å². The molecule has 0 spiro atoms. The first-order valence-corrected chi connectivity index (χ1v) is 18.0. The predicted octanol–water partition coefficient (Wildman–Crippen LogP) is 5.61. The molecule has 2 fully saturated rings. The van der Waals surface area contributed by atoms with Gasteiger partial charge in [-0.3, -0.25) is 4.21 Å². The van der Waals surface area contributed by atoms with Gasteiger partial charge in [0.25, 0.3) is 0 Å². The van der Waals surface area contributed by atoms with Crippen molar-refractivity contribution in [3.63, 3.8) is 0 Å². The van der Waals surface area contributed by atoms with E-state index in [0.717, 1.165) is 12.8 Å². The summed E-state index contributed by atoms with van der Waals surface area (Å²) < 4.78 is 11.7. The van der Waals surface area contributed by atoms with Crippen LogP contribution in [0.1, 0.15) is 72.1 Å². The van der Waals surface area contributed by atoms with Crippen LogP contribution < -0.4 is 0 Å². The maximum atomic E-state index is 11.7. The summed E-state index contributed by atoms with van der Waals surface area (Å²) in [6, 6.07) is 0. The second-order valence-electron chi connectivity index (χ2n) is 7.38. The normalized spacial score (nSPS) is 22.1. The van der Waals surface area contributed by atoms with Gasteiger partial charge in [-0.25, -0.2) is 0 Å². The van der Waals surface area contributed by atoms with Crippen LogP contribution in [0.4, 0.5) is 0 Å². The molecule has 0 aliphatic heterocycles. The van der Waals surface area contributed by atoms with Gasteiger partial charge in [-0.1, -0.05) is 50.2 Å². The second-order valence-corrected chi connectivity index (χ2v) is 18.4. The minimum Gasteiger partial charge on any atom is 2.00 e. The summed E-state index contributed by atoms with van der Waals surface area (Å²) in [5.41, 5.74) is 0. The summed E-state index contributed by atoms with van der Waals surface area (Å²) in [6.45, 7) is 6.15. The summed E-state index contributed by atoms with van der Waals surface area (Å²) in [5.74, 6) is 0. The average molecular weight is 463 g/mol. The third-order valence-corrected chi connectivity index (χ3v) is 5.44. The van der Waals surface area contributed by atoms with Crippen molar-refractivity contribution >= 4 is 30.6 Å². The van der Waals surface area contributed by atoms with Crippen molar-refractivity contribution in [2.24, 2.45) is 0 Å². The molecule has 0 saturated heterocycles. The monoisotopic (exact) mass is 464 g/mol. The summed E-state index contributed by atoms with van der Waals surface area (Å²) in [7, 11) is -0.668. The van der Waals surface area contributed by atoms with Crippen LogP contribution >= 0.6 is 0 Å². The molecule has 0 heterocycles. The topological polar surface area (TPSA) is 17.1 Å². The Morgan fingerprint density at radius 3 is 1.57 bits per heavy atom. The van der Waals surface area contributed by atoms with Crippen molar-refractivity contribution in [3.05, 3.63) is 6.42 Å². The standard InChI is InChI=1S/C9H17OS.C5H10.3CH3.Fe.Sn/c1-9(2,3)11(10)8-6-4-5-7-8;1-2-4-5-3-1;;;;;/h6,8H,4-5,7H2,1-3H3;1-5H2;3*1H3;;/q-1;;;;;+2;+1/t8?,11-;;;;;;/m0....../s1. The van der Waals surface area contributed by atoms with Gasteiger partial charge in [-0.05, 0) is 31.6 Å². The van der Waals surface area contributed by atoms with Crippen LogP contribution in [-0.4, -0.2) is 34.0 Å². The Balaban J connectivity index is 0. The fraction of sp³-hybridized carbons (Fsp3) is 0.941. The molecule has 2 aliphatic rings. The van der Waals surface area contributed by atoms with Crippen LogP contribution in [0.3, 0.4) is 0 Å². The van der Waals surface area contributed by atoms with Gasteiger partial charge in [0.15, 0.2) is 0 Å². The van der Waals surface area contributed by atoms with E-state index in [4.69, 9.17) is 0 Å². The fourth-order valence-electron chi connectivity index (χ4n) is 2.27. The van der Waals surface area contributed by atoms with E-state index < -0.39 is 30.6 Å². The van der Waals surface area contributed by atoms with E-state index in [1.807, 2.05) is 0 Å². The number of rotatable bonds is 1. The van der Waals surface area contributed by atoms with E-state index in [1.165, 1.54) is 38.5 Å². The SMILES string of the molecule is C1CCCC1.CC(C)(C)[S@@](=O)C1[CH-]CCC1.[CH3][Sn+]([CH3])[CH3].[Fe+2]. The maximum Gasteiger partial charge on any atom is 2.00 e. The minimum atomic E-state index is -0.668. The van der Waals surface area contributed by atoms with Crippen molar-refractivity contribution in [2.45, 2.75) is 97.0 Å². The van der Waals surface area contributed by atoms with Crippen LogP contribution in [0.15, 0.2) is 0 Å². The molecule has 0 aromatic carbocycles. The molecule has 126 valence electrons. The number of hydrogen-bond acceptors (Lipinski definition) is 1. The summed E-state index contributed by atoms with van der Waals surface area (Å²) >= 11 is -0.543. The predicted molar refractivity (Wildman–Crippen MR) is 96.3 cm³/mol. The largest absolute Gasteiger partial charge is 2.00 e. The quantitative estimate of drug-likeness (QED) is 0.365. The number of hydrogen-bond donors (Lipinski definition) is 0. The van der Waals surface area contributed by atoms with Crippen molar-refractivity contribution in [1.82, 2.24) is 0 Å². The van der Waals surface area contributed by atoms with E-state index in [0.29, 0.717) is 5.25 Å². The first-order chi connectivity index (χ1) is 9.25. The summed E-state index contributed by atoms with van der Waals surface area (Å²) in [5, 5.41) is 0.370. The molecule has 1 unspecified atom stereocenters. The van der Waals surface area contributed by atoms with Gasteiger partial charge >= 0.3 is 51.6 Å². The van der Waals surface area contributed by atoms with Crippen molar-refractivity contribution in [2.75, 3.05) is 0 Å². The molecule has 0 amide bonds. The van der Waals surface area contributed by atoms with Crippen LogP contribution in [0.2, 0.25) is 14.8 Å². The first kappa shape index (κ1) is 24.7. The van der Waals surface area contributed by atoms with E-state index in [2.05, 4.69) is 42.0 Å². The Bertz CT molecular complexity index is 244. The van der Waals surface area contributed by atoms with Gasteiger partial charge in [-0.15, -0.1) is 0 Å². The zero-order valence-corrected chi connectivity index (χ0v) is 19.8. The Morgan fingerprint density at radius 2 is 1.33 bits per heavy atom. The fourth-order valence-corrected chi connectivity index (χ4v) is 3.87. The molecule has 2 saturated carbocycles. The van der Waals surface area contributed by atoms with E-state index in [9.17, 15) is 4.21 Å². The first-order valence-electron chi connectivity index (χ1n) is 8.26. The third-order valence-electron chi connectivity index (χ3n) is 3.25. The van der Waals surface area contributed by atoms with Gasteiger partial charge in [0, 0.05) is 4.75 Å². The second kappa shape index (κ2) is 13.9. The Labute approximate surface area is 154 Å². The van der Waals surface area contributed by atoms with Crippen LogP contribution in [0, 0.1) is 6.42 Å². The molecule has 1 nitrogen and oxygen atoms in total. The van der Waals surface area contributed by atoms with E-state index >= 15 is 0 Å². The van der Waals surface area contributed by atoms with Crippen molar-refractivity contribution in [1.29, 1.82) is 0 Å². The van der Waals surface area contributed by atoms with E-state index in [-0.39, 0.29) is 21.8 Å². The van der Waals surface area contributed by atoms with Crippen LogP contribution in [0.5, 0.6) is 0 Å². The molecule has 0 radical (unpaired) electrons. The van der Waals surface area contributed by atoms with Gasteiger partial charge < -0.3 is 6.42 Å². The summed E-state index contributed by atoms with van der Waals surface area (Å²) in [4.78, 5) is 7.09. The molecular weight excluding hydrogens is 427 g/mol. The molecule has 0 aromatic heterocycles. The molecule has 0 N–H and O–H groups in total. The maximum absolute atomic E-state index is 11.7. The molecular formula is C17H36FeOSSn+2. The molecule has 4 heteroatoms. The van der Waals surface area contributed by atoms with Gasteiger partial charge in [0.05, 0.1) is 0 Å². The van der Waals surface area contributed by atoms with Gasteiger partial charge in [-0.2, -0.15) is 6.42 Å². The summed E-state index contributed by atoms with van der Waals surface area (Å²) in [6.07, 6.45) is 13.2. The molecule has 2 rings (SSSR count). The minimum absolute atomic E-state index is 0. The Hall–Kier alpha value is 1.47. The molecule has 2 atom stereocenters. The van der Waals surface area contributed by atoms with Gasteiger partial charge in [0.2, 0.25) is 0 Å².